The summed E-state index contributed by atoms with van der Waals surface area (Å²) in [6.07, 6.45) is 2.29. The number of hydrogen-bond acceptors (Lipinski definition) is 3. The summed E-state index contributed by atoms with van der Waals surface area (Å²) >= 11 is 5.79. The number of carbonyl (C=O) groups excluding carboxylic acids is 2. The third-order valence-electron chi connectivity index (χ3n) is 4.68. The second-order valence-electron chi connectivity index (χ2n) is 7.38. The largest absolute Gasteiger partial charge is 0.370 e. The van der Waals surface area contributed by atoms with E-state index in [0.717, 1.165) is 22.4 Å². The van der Waals surface area contributed by atoms with Gasteiger partial charge in [0.05, 0.1) is 24.4 Å². The number of hydrogen-bond donors (Lipinski definition) is 3. The fraction of sp³-hybridized carbons (Fsp3) is 0.261. The van der Waals surface area contributed by atoms with Crippen LogP contribution in [0.2, 0.25) is 5.02 Å². The lowest BCUT2D eigenvalue weighted by Gasteiger charge is -2.14. The van der Waals surface area contributed by atoms with E-state index in [9.17, 15) is 14.0 Å². The molecule has 0 aliphatic heterocycles. The quantitative estimate of drug-likeness (QED) is 0.462. The van der Waals surface area contributed by atoms with E-state index in [4.69, 9.17) is 17.3 Å². The summed E-state index contributed by atoms with van der Waals surface area (Å²) in [6, 6.07) is 11.9. The first kappa shape index (κ1) is 24.1. The van der Waals surface area contributed by atoms with E-state index in [1.807, 2.05) is 19.1 Å². The Balaban J connectivity index is 0.000000221. The molecular weight excluding hydrogens is 419 g/mol. The van der Waals surface area contributed by atoms with Crippen molar-refractivity contribution in [3.8, 4) is 11.3 Å². The van der Waals surface area contributed by atoms with E-state index < -0.39 is 11.9 Å². The van der Waals surface area contributed by atoms with Crippen molar-refractivity contribution in [2.75, 3.05) is 0 Å². The second-order valence-corrected chi connectivity index (χ2v) is 7.82. The summed E-state index contributed by atoms with van der Waals surface area (Å²) in [5, 5.41) is 9.79. The van der Waals surface area contributed by atoms with Gasteiger partial charge in [-0.05, 0) is 53.8 Å². The molecule has 31 heavy (non-hydrogen) atoms. The Morgan fingerprint density at radius 3 is 2.52 bits per heavy atom. The average molecular weight is 445 g/mol. The van der Waals surface area contributed by atoms with Gasteiger partial charge in [-0.2, -0.15) is 5.10 Å². The summed E-state index contributed by atoms with van der Waals surface area (Å²) in [7, 11) is 0. The number of aromatic nitrogens is 2. The summed E-state index contributed by atoms with van der Waals surface area (Å²) < 4.78 is 13.9. The Morgan fingerprint density at radius 2 is 2.00 bits per heavy atom. The molecule has 1 atom stereocenters. The minimum absolute atomic E-state index is 0.0546. The van der Waals surface area contributed by atoms with Gasteiger partial charge in [-0.1, -0.05) is 43.6 Å². The molecule has 1 heterocycles. The van der Waals surface area contributed by atoms with Crippen molar-refractivity contribution < 1.29 is 14.0 Å². The molecular formula is C23H26ClFN4O2. The molecule has 0 fully saturated rings. The summed E-state index contributed by atoms with van der Waals surface area (Å²) in [5.41, 5.74) is 9.14. The summed E-state index contributed by atoms with van der Waals surface area (Å²) in [5.74, 6) is -0.334. The van der Waals surface area contributed by atoms with Crippen molar-refractivity contribution in [2.24, 2.45) is 5.73 Å². The molecule has 0 saturated heterocycles. The van der Waals surface area contributed by atoms with Gasteiger partial charge in [-0.25, -0.2) is 4.39 Å². The Labute approximate surface area is 186 Å². The minimum Gasteiger partial charge on any atom is -0.370 e. The van der Waals surface area contributed by atoms with E-state index in [1.165, 1.54) is 0 Å². The molecule has 0 radical (unpaired) electrons. The number of primary amides is 1. The molecule has 4 N–H and O–H groups in total. The molecule has 0 aliphatic rings. The lowest BCUT2D eigenvalue weighted by Crippen LogP contribution is -2.25. The first-order chi connectivity index (χ1) is 14.7. The van der Waals surface area contributed by atoms with Crippen LogP contribution in [0.1, 0.15) is 48.9 Å². The third-order valence-corrected chi connectivity index (χ3v) is 4.92. The van der Waals surface area contributed by atoms with E-state index in [2.05, 4.69) is 29.4 Å². The van der Waals surface area contributed by atoms with Crippen LogP contribution in [0.15, 0.2) is 48.7 Å². The Kier molecular flexibility index (Phi) is 8.75. The van der Waals surface area contributed by atoms with Crippen molar-refractivity contribution in [2.45, 2.75) is 39.2 Å². The number of amides is 2. The highest BCUT2D eigenvalue weighted by Gasteiger charge is 2.13. The summed E-state index contributed by atoms with van der Waals surface area (Å²) in [6.45, 7) is 6.01. The molecule has 0 saturated carbocycles. The lowest BCUT2D eigenvalue weighted by molar-refractivity contribution is -0.118. The number of aryl methyl sites for hydroxylation is 1. The van der Waals surface area contributed by atoms with Crippen LogP contribution >= 0.6 is 11.6 Å². The van der Waals surface area contributed by atoms with Gasteiger partial charge in [-0.15, -0.1) is 0 Å². The predicted octanol–water partition coefficient (Wildman–Crippen LogP) is 4.65. The van der Waals surface area contributed by atoms with Gasteiger partial charge in [0.15, 0.2) is 0 Å². The monoisotopic (exact) mass is 444 g/mol. The van der Waals surface area contributed by atoms with Gasteiger partial charge in [0.2, 0.25) is 12.3 Å². The third kappa shape index (κ3) is 6.93. The van der Waals surface area contributed by atoms with E-state index in [0.29, 0.717) is 22.9 Å². The number of carbonyl (C=O) groups is 2. The normalized spacial score (nSPS) is 11.4. The number of halogens is 2. The van der Waals surface area contributed by atoms with Crippen LogP contribution in [0.4, 0.5) is 4.39 Å². The number of benzene rings is 2. The maximum absolute atomic E-state index is 13.9. The molecule has 2 amide bonds. The van der Waals surface area contributed by atoms with Gasteiger partial charge in [0.1, 0.15) is 5.82 Å². The first-order valence-corrected chi connectivity index (χ1v) is 10.1. The van der Waals surface area contributed by atoms with Crippen LogP contribution in [0.5, 0.6) is 0 Å². The van der Waals surface area contributed by atoms with Crippen LogP contribution in [0.25, 0.3) is 11.3 Å². The number of nitrogens with zero attached hydrogens (tertiary/aromatic N) is 1. The van der Waals surface area contributed by atoms with Crippen LogP contribution in [0.3, 0.4) is 0 Å². The molecule has 0 bridgehead atoms. The first-order valence-electron chi connectivity index (χ1n) is 9.76. The molecule has 2 aromatic carbocycles. The molecule has 0 spiro atoms. The SMILES string of the molecule is Cc1cn[nH]c1-c1ccc(C(C)C)cc1F.NC(=O)CC(NC=O)c1cccc(Cl)c1. The maximum Gasteiger partial charge on any atom is 0.219 e. The lowest BCUT2D eigenvalue weighted by atomic mass is 9.99. The average Bonchev–Trinajstić information content (AvgIpc) is 3.13. The van der Waals surface area contributed by atoms with Gasteiger partial charge < -0.3 is 11.1 Å². The number of aromatic amines is 1. The van der Waals surface area contributed by atoms with E-state index in [-0.39, 0.29) is 12.2 Å². The standard InChI is InChI=1S/C13H15FN2.C10H11ClN2O2/c1-8(2)10-4-5-11(12(14)6-10)13-9(3)7-15-16-13;11-8-3-1-2-7(4-8)9(13-6-14)5-10(12)15/h4-8H,1-3H3,(H,15,16);1-4,6,9H,5H2,(H2,12,15)(H,13,14). The molecule has 3 rings (SSSR count). The van der Waals surface area contributed by atoms with Crippen molar-refractivity contribution in [1.29, 1.82) is 0 Å². The van der Waals surface area contributed by atoms with Crippen molar-refractivity contribution in [3.63, 3.8) is 0 Å². The topological polar surface area (TPSA) is 101 Å². The van der Waals surface area contributed by atoms with Crippen LogP contribution in [-0.4, -0.2) is 22.5 Å². The fourth-order valence-corrected chi connectivity index (χ4v) is 3.19. The van der Waals surface area contributed by atoms with Crippen LogP contribution in [-0.2, 0) is 9.59 Å². The Hall–Kier alpha value is -3.19. The maximum atomic E-state index is 13.9. The zero-order valence-electron chi connectivity index (χ0n) is 17.7. The Bertz CT molecular complexity index is 1040. The number of rotatable bonds is 7. The molecule has 3 aromatic rings. The highest BCUT2D eigenvalue weighted by atomic mass is 35.5. The van der Waals surface area contributed by atoms with Gasteiger partial charge in [0.25, 0.3) is 0 Å². The van der Waals surface area contributed by atoms with Gasteiger partial charge in [0, 0.05) is 10.6 Å². The zero-order chi connectivity index (χ0) is 23.0. The highest BCUT2D eigenvalue weighted by molar-refractivity contribution is 6.30. The van der Waals surface area contributed by atoms with Gasteiger partial charge in [-0.3, -0.25) is 14.7 Å². The van der Waals surface area contributed by atoms with Crippen LogP contribution in [0, 0.1) is 12.7 Å². The number of nitrogens with two attached hydrogens (primary N) is 1. The highest BCUT2D eigenvalue weighted by Crippen LogP contribution is 2.26. The second kappa shape index (κ2) is 11.3. The molecule has 8 heteroatoms. The smallest absolute Gasteiger partial charge is 0.219 e. The summed E-state index contributed by atoms with van der Waals surface area (Å²) in [4.78, 5) is 21.1. The van der Waals surface area contributed by atoms with Gasteiger partial charge >= 0.3 is 0 Å². The van der Waals surface area contributed by atoms with E-state index >= 15 is 0 Å². The van der Waals surface area contributed by atoms with Crippen molar-refractivity contribution in [1.82, 2.24) is 15.5 Å². The Morgan fingerprint density at radius 1 is 1.26 bits per heavy atom. The predicted molar refractivity (Wildman–Crippen MR) is 120 cm³/mol. The molecule has 164 valence electrons. The minimum atomic E-state index is -0.477. The molecule has 1 aromatic heterocycles. The number of nitrogens with one attached hydrogen (secondary N) is 2. The number of H-pyrrole nitrogens is 1. The van der Waals surface area contributed by atoms with E-state index in [1.54, 1.807) is 36.5 Å². The zero-order valence-corrected chi connectivity index (χ0v) is 18.4. The molecule has 0 aliphatic carbocycles. The fourth-order valence-electron chi connectivity index (χ4n) is 2.99. The van der Waals surface area contributed by atoms with Crippen LogP contribution < -0.4 is 11.1 Å². The molecule has 6 nitrogen and oxygen atoms in total. The van der Waals surface area contributed by atoms with Crippen molar-refractivity contribution in [3.05, 3.63) is 76.2 Å². The molecule has 1 unspecified atom stereocenters. The van der Waals surface area contributed by atoms with Crippen molar-refractivity contribution >= 4 is 23.9 Å².